The summed E-state index contributed by atoms with van der Waals surface area (Å²) < 4.78 is 11.3. The molecule has 1 heterocycles. The molecule has 0 saturated carbocycles. The normalized spacial score (nSPS) is 18.8. The minimum atomic E-state index is -1.58. The summed E-state index contributed by atoms with van der Waals surface area (Å²) in [6, 6.07) is -0.823. The van der Waals surface area contributed by atoms with Gasteiger partial charge in [0.05, 0.1) is 25.4 Å². The van der Waals surface area contributed by atoms with Crippen LogP contribution in [0.1, 0.15) is 296 Å². The number of amides is 1. The molecule has 1 saturated heterocycles. The average molecular weight is 1240 g/mol. The Morgan fingerprint density at radius 2 is 0.697 bits per heavy atom. The van der Waals surface area contributed by atoms with Gasteiger partial charge >= 0.3 is 0 Å². The third-order valence-electron chi connectivity index (χ3n) is 16.4. The van der Waals surface area contributed by atoms with Crippen molar-refractivity contribution in [3.63, 3.8) is 0 Å². The molecular weight excluding hydrogens is 1100 g/mol. The third kappa shape index (κ3) is 55.4. The Morgan fingerprint density at radius 3 is 1.03 bits per heavy atom. The molecule has 508 valence electrons. The predicted molar refractivity (Wildman–Crippen MR) is 382 cm³/mol. The van der Waals surface area contributed by atoms with Gasteiger partial charge in [-0.25, -0.2) is 0 Å². The van der Waals surface area contributed by atoms with E-state index in [-0.39, 0.29) is 12.5 Å². The quantitative estimate of drug-likeness (QED) is 0.0261. The first-order valence-electron chi connectivity index (χ1n) is 36.6. The molecule has 7 atom stereocenters. The lowest BCUT2D eigenvalue weighted by molar-refractivity contribution is -0.302. The van der Waals surface area contributed by atoms with Crippen LogP contribution in [-0.2, 0) is 14.3 Å². The van der Waals surface area contributed by atoms with E-state index in [4.69, 9.17) is 9.47 Å². The summed E-state index contributed by atoms with van der Waals surface area (Å²) in [5.41, 5.74) is 0. The summed E-state index contributed by atoms with van der Waals surface area (Å²) in [5, 5.41) is 54.8. The molecular formula is C80H135NO8. The highest BCUT2D eigenvalue weighted by atomic mass is 16.7. The molecule has 89 heavy (non-hydrogen) atoms. The number of carbonyl (C=O) groups excluding carboxylic acids is 1. The highest BCUT2D eigenvalue weighted by Crippen LogP contribution is 2.23. The summed E-state index contributed by atoms with van der Waals surface area (Å²) in [6.45, 7) is 3.68. The van der Waals surface area contributed by atoms with E-state index in [0.29, 0.717) is 6.42 Å². The van der Waals surface area contributed by atoms with Crippen molar-refractivity contribution in [1.29, 1.82) is 0 Å². The van der Waals surface area contributed by atoms with Crippen molar-refractivity contribution in [3.8, 4) is 0 Å². The number of aliphatic hydroxyl groups is 5. The standard InChI is InChI=1S/C80H135NO8/c1-3-5-7-9-11-13-15-17-19-21-23-25-27-29-30-31-32-33-34-35-36-37-38-39-40-41-42-43-44-46-48-50-52-54-56-58-60-62-64-66-68-70-76(84)81-73(72-88-80-79(87)78(86)77(85)75(71-82)89-80)74(83)69-67-65-63-61-59-57-55-53-51-49-47-45-28-26-24-22-20-18-16-14-12-10-8-6-4-2/h5,7,11,13,17,19,23,25,29-30,32-33,35-36,38-39,41-42,44,46,50,52,67,69,73-75,77-80,82-83,85-87H,3-4,6,8-10,12,14-16,18,20-22,24,26-28,31,34,37,40,43,45,47-49,51,53-66,68,70-72H2,1-2H3,(H,81,84)/b7-5-,13-11-,19-17-,25-23-,30-29-,33-32-,36-35-,39-38-,42-41-,46-44-,52-50-,69-67+. The van der Waals surface area contributed by atoms with E-state index >= 15 is 0 Å². The van der Waals surface area contributed by atoms with Crippen molar-refractivity contribution in [2.75, 3.05) is 13.2 Å². The molecule has 0 aromatic heterocycles. The molecule has 7 unspecified atom stereocenters. The van der Waals surface area contributed by atoms with E-state index in [1.807, 2.05) is 6.08 Å². The highest BCUT2D eigenvalue weighted by Gasteiger charge is 2.44. The number of aliphatic hydroxyl groups excluding tert-OH is 5. The van der Waals surface area contributed by atoms with Gasteiger partial charge in [0.2, 0.25) is 5.91 Å². The van der Waals surface area contributed by atoms with Crippen LogP contribution in [0.5, 0.6) is 0 Å². The largest absolute Gasteiger partial charge is 0.394 e. The number of nitrogens with one attached hydrogen (secondary N) is 1. The van der Waals surface area contributed by atoms with Crippen molar-refractivity contribution >= 4 is 5.91 Å². The van der Waals surface area contributed by atoms with Crippen LogP contribution in [0.3, 0.4) is 0 Å². The summed E-state index contributed by atoms with van der Waals surface area (Å²) in [5.74, 6) is -0.191. The molecule has 0 bridgehead atoms. The maximum Gasteiger partial charge on any atom is 0.220 e. The van der Waals surface area contributed by atoms with Crippen molar-refractivity contribution in [1.82, 2.24) is 5.32 Å². The van der Waals surface area contributed by atoms with Gasteiger partial charge in [0.15, 0.2) is 6.29 Å². The van der Waals surface area contributed by atoms with Gasteiger partial charge in [-0.3, -0.25) is 4.79 Å². The fourth-order valence-corrected chi connectivity index (χ4v) is 10.8. The van der Waals surface area contributed by atoms with Gasteiger partial charge in [-0.15, -0.1) is 0 Å². The first-order chi connectivity index (χ1) is 43.8. The first kappa shape index (κ1) is 83.1. The SMILES string of the molecule is CC/C=C\C/C=C\C/C=C\C/C=C\C/C=C\C/C=C\C/C=C\C/C=C\C/C=C\C/C=C\C/C=C\CCCCCCCCCC(=O)NC(COC1OC(CO)C(O)C(O)C1O)C(O)/C=C/CCCCCCCCCCCCCCCCCCCCCCCCC. The van der Waals surface area contributed by atoms with Gasteiger partial charge in [-0.05, 0) is 103 Å². The molecule has 9 heteroatoms. The second kappa shape index (κ2) is 67.0. The van der Waals surface area contributed by atoms with Gasteiger partial charge in [0, 0.05) is 6.42 Å². The van der Waals surface area contributed by atoms with Gasteiger partial charge < -0.3 is 40.3 Å². The Labute approximate surface area is 546 Å². The Kier molecular flexibility index (Phi) is 62.5. The zero-order valence-electron chi connectivity index (χ0n) is 56.9. The summed E-state index contributed by atoms with van der Waals surface area (Å²) in [6.07, 6.45) is 96.6. The monoisotopic (exact) mass is 1240 g/mol. The smallest absolute Gasteiger partial charge is 0.220 e. The van der Waals surface area contributed by atoms with Crippen molar-refractivity contribution in [3.05, 3.63) is 146 Å². The Balaban J connectivity index is 2.16. The fourth-order valence-electron chi connectivity index (χ4n) is 10.8. The van der Waals surface area contributed by atoms with E-state index < -0.39 is 49.5 Å². The number of rotatable bonds is 62. The van der Waals surface area contributed by atoms with Crippen LogP contribution in [0.4, 0.5) is 0 Å². The maximum atomic E-state index is 13.1. The van der Waals surface area contributed by atoms with Gasteiger partial charge in [-0.1, -0.05) is 333 Å². The lowest BCUT2D eigenvalue weighted by Crippen LogP contribution is -2.60. The molecule has 0 spiro atoms. The fraction of sp³-hybridized carbons (Fsp3) is 0.688. The van der Waals surface area contributed by atoms with E-state index in [1.165, 1.54) is 154 Å². The van der Waals surface area contributed by atoms with Crippen molar-refractivity contribution in [2.24, 2.45) is 0 Å². The van der Waals surface area contributed by atoms with Crippen LogP contribution in [0.15, 0.2) is 146 Å². The number of carbonyl (C=O) groups is 1. The van der Waals surface area contributed by atoms with Crippen molar-refractivity contribution in [2.45, 2.75) is 339 Å². The molecule has 0 aromatic rings. The predicted octanol–water partition coefficient (Wildman–Crippen LogP) is 20.5. The molecule has 6 N–H and O–H groups in total. The van der Waals surface area contributed by atoms with Crippen LogP contribution in [-0.4, -0.2) is 87.5 Å². The van der Waals surface area contributed by atoms with Crippen LogP contribution < -0.4 is 5.32 Å². The van der Waals surface area contributed by atoms with Crippen LogP contribution in [0.2, 0.25) is 0 Å². The molecule has 1 aliphatic heterocycles. The molecule has 0 aliphatic carbocycles. The second-order valence-electron chi connectivity index (χ2n) is 24.7. The number of ether oxygens (including phenoxy) is 2. The Hall–Kier alpha value is -3.93. The van der Waals surface area contributed by atoms with E-state index in [2.05, 4.69) is 153 Å². The van der Waals surface area contributed by atoms with Crippen molar-refractivity contribution < 1.29 is 39.8 Å². The zero-order chi connectivity index (χ0) is 64.2. The molecule has 0 aromatic carbocycles. The molecule has 9 nitrogen and oxygen atoms in total. The molecule has 0 radical (unpaired) electrons. The maximum absolute atomic E-state index is 13.1. The van der Waals surface area contributed by atoms with E-state index in [1.54, 1.807) is 6.08 Å². The van der Waals surface area contributed by atoms with Gasteiger partial charge in [-0.2, -0.15) is 0 Å². The van der Waals surface area contributed by atoms with Gasteiger partial charge in [0.1, 0.15) is 24.4 Å². The highest BCUT2D eigenvalue weighted by molar-refractivity contribution is 5.76. The topological polar surface area (TPSA) is 149 Å². The number of hydrogen-bond donors (Lipinski definition) is 6. The minimum absolute atomic E-state index is 0.191. The Morgan fingerprint density at radius 1 is 0.393 bits per heavy atom. The molecule has 1 rings (SSSR count). The Bertz CT molecular complexity index is 1920. The van der Waals surface area contributed by atoms with Crippen LogP contribution in [0.25, 0.3) is 0 Å². The molecule has 1 aliphatic rings. The summed E-state index contributed by atoms with van der Waals surface area (Å²) in [4.78, 5) is 13.1. The molecule has 1 fully saturated rings. The number of hydrogen-bond acceptors (Lipinski definition) is 8. The number of unbranched alkanes of at least 4 members (excludes halogenated alkanes) is 30. The first-order valence-corrected chi connectivity index (χ1v) is 36.6. The lowest BCUT2D eigenvalue weighted by Gasteiger charge is -2.40. The van der Waals surface area contributed by atoms with Gasteiger partial charge in [0.25, 0.3) is 0 Å². The van der Waals surface area contributed by atoms with Crippen LogP contribution >= 0.6 is 0 Å². The summed E-state index contributed by atoms with van der Waals surface area (Å²) in [7, 11) is 0. The second-order valence-corrected chi connectivity index (χ2v) is 24.7. The van der Waals surface area contributed by atoms with Crippen LogP contribution in [0, 0.1) is 0 Å². The number of allylic oxidation sites excluding steroid dienone is 23. The lowest BCUT2D eigenvalue weighted by atomic mass is 9.99. The average Bonchev–Trinajstić information content (AvgIpc) is 2.59. The van der Waals surface area contributed by atoms with E-state index in [0.717, 1.165) is 122 Å². The summed E-state index contributed by atoms with van der Waals surface area (Å²) >= 11 is 0. The minimum Gasteiger partial charge on any atom is -0.394 e. The third-order valence-corrected chi connectivity index (χ3v) is 16.4. The zero-order valence-corrected chi connectivity index (χ0v) is 56.9. The van der Waals surface area contributed by atoms with E-state index in [9.17, 15) is 30.3 Å². The molecule has 1 amide bonds.